The van der Waals surface area contributed by atoms with Crippen molar-refractivity contribution in [1.82, 2.24) is 9.88 Å². The smallest absolute Gasteiger partial charge is 0.169 e. The van der Waals surface area contributed by atoms with Crippen LogP contribution in [0.3, 0.4) is 0 Å². The zero-order valence-corrected chi connectivity index (χ0v) is 19.6. The average molecular weight is 448 g/mol. The van der Waals surface area contributed by atoms with Gasteiger partial charge >= 0.3 is 0 Å². The number of carbonyl (C=O) groups excluding carboxylic acids is 1. The summed E-state index contributed by atoms with van der Waals surface area (Å²) < 4.78 is 0. The number of nitrogens with one attached hydrogen (secondary N) is 1. The van der Waals surface area contributed by atoms with Gasteiger partial charge in [-0.15, -0.1) is 0 Å². The fraction of sp³-hybridized carbons (Fsp3) is 0.407. The first-order valence-corrected chi connectivity index (χ1v) is 12.0. The lowest BCUT2D eigenvalue weighted by atomic mass is 9.95. The SMILES string of the molecule is Cc1ccc(-c2ccc3ncc(C(=O)C4CC4)c(NCC4CCN(C)CC4)c3c2)cc1Cl. The fourth-order valence-electron chi connectivity index (χ4n) is 4.60. The van der Waals surface area contributed by atoms with Gasteiger partial charge < -0.3 is 10.2 Å². The third-order valence-corrected chi connectivity index (χ3v) is 7.40. The summed E-state index contributed by atoms with van der Waals surface area (Å²) in [5.41, 5.74) is 5.82. The molecule has 0 bridgehead atoms. The molecule has 1 aliphatic carbocycles. The molecule has 2 aliphatic rings. The number of halogens is 1. The first kappa shape index (κ1) is 21.4. The van der Waals surface area contributed by atoms with Gasteiger partial charge in [0.05, 0.1) is 16.8 Å². The van der Waals surface area contributed by atoms with Gasteiger partial charge in [-0.25, -0.2) is 0 Å². The van der Waals surface area contributed by atoms with E-state index in [0.717, 1.165) is 76.3 Å². The van der Waals surface area contributed by atoms with Crippen molar-refractivity contribution >= 4 is 34.0 Å². The van der Waals surface area contributed by atoms with Crippen LogP contribution in [0.5, 0.6) is 0 Å². The molecule has 5 rings (SSSR count). The minimum atomic E-state index is 0.164. The number of benzene rings is 2. The number of aromatic nitrogens is 1. The number of hydrogen-bond acceptors (Lipinski definition) is 4. The number of ketones is 1. The number of hydrogen-bond donors (Lipinski definition) is 1. The zero-order chi connectivity index (χ0) is 22.2. The molecule has 0 radical (unpaired) electrons. The highest BCUT2D eigenvalue weighted by molar-refractivity contribution is 6.31. The van der Waals surface area contributed by atoms with Gasteiger partial charge in [-0.3, -0.25) is 9.78 Å². The highest BCUT2D eigenvalue weighted by Crippen LogP contribution is 2.38. The van der Waals surface area contributed by atoms with Gasteiger partial charge in [0.25, 0.3) is 0 Å². The van der Waals surface area contributed by atoms with Gasteiger partial charge in [-0.1, -0.05) is 29.8 Å². The maximum Gasteiger partial charge on any atom is 0.169 e. The van der Waals surface area contributed by atoms with E-state index in [2.05, 4.69) is 40.4 Å². The molecule has 1 aromatic heterocycles. The van der Waals surface area contributed by atoms with E-state index in [1.807, 2.05) is 25.1 Å². The molecule has 2 heterocycles. The molecule has 0 atom stereocenters. The number of anilines is 1. The van der Waals surface area contributed by atoms with Crippen molar-refractivity contribution in [2.45, 2.75) is 32.6 Å². The van der Waals surface area contributed by atoms with Crippen LogP contribution in [0, 0.1) is 18.8 Å². The van der Waals surface area contributed by atoms with Gasteiger partial charge in [0, 0.05) is 29.1 Å². The highest BCUT2D eigenvalue weighted by atomic mass is 35.5. The Morgan fingerprint density at radius 1 is 1.09 bits per heavy atom. The normalized spacial score (nSPS) is 17.6. The molecule has 0 spiro atoms. The van der Waals surface area contributed by atoms with E-state index in [9.17, 15) is 4.79 Å². The lowest BCUT2D eigenvalue weighted by Crippen LogP contribution is -2.33. The van der Waals surface area contributed by atoms with Crippen LogP contribution in [-0.2, 0) is 0 Å². The number of fused-ring (bicyclic) bond motifs is 1. The predicted molar refractivity (Wildman–Crippen MR) is 133 cm³/mol. The number of nitrogens with zero attached hydrogens (tertiary/aromatic N) is 2. The first-order chi connectivity index (χ1) is 15.5. The second-order valence-electron chi connectivity index (χ2n) is 9.51. The molecular weight excluding hydrogens is 418 g/mol. The van der Waals surface area contributed by atoms with Crippen LogP contribution < -0.4 is 5.32 Å². The summed E-state index contributed by atoms with van der Waals surface area (Å²) >= 11 is 6.40. The molecule has 5 heteroatoms. The van der Waals surface area contributed by atoms with Crippen molar-refractivity contribution < 1.29 is 4.79 Å². The number of likely N-dealkylation sites (tertiary alicyclic amines) is 1. The van der Waals surface area contributed by atoms with Crippen LogP contribution in [0.1, 0.15) is 41.6 Å². The highest BCUT2D eigenvalue weighted by Gasteiger charge is 2.32. The molecule has 1 saturated heterocycles. The maximum atomic E-state index is 13.1. The number of aryl methyl sites for hydroxylation is 1. The Hall–Kier alpha value is -2.43. The standard InChI is InChI=1S/C27H30ClN3O/c1-17-3-4-21(14-24(17)28)20-7-8-25-22(13-20)26(23(16-29-25)27(32)19-5-6-19)30-15-18-9-11-31(2)12-10-18/h3-4,7-8,13-14,16,18-19H,5-6,9-12,15H2,1-2H3,(H,29,30). The Balaban J connectivity index is 1.54. The molecule has 0 unspecified atom stereocenters. The molecule has 32 heavy (non-hydrogen) atoms. The van der Waals surface area contributed by atoms with Crippen molar-refractivity contribution in [2.24, 2.45) is 11.8 Å². The van der Waals surface area contributed by atoms with Gasteiger partial charge in [0.15, 0.2) is 5.78 Å². The summed E-state index contributed by atoms with van der Waals surface area (Å²) in [5, 5.41) is 5.47. The topological polar surface area (TPSA) is 45.2 Å². The minimum Gasteiger partial charge on any atom is -0.384 e. The summed E-state index contributed by atoms with van der Waals surface area (Å²) in [5.74, 6) is 1.02. The van der Waals surface area contributed by atoms with Crippen molar-refractivity contribution in [3.63, 3.8) is 0 Å². The van der Waals surface area contributed by atoms with Crippen molar-refractivity contribution in [2.75, 3.05) is 32.0 Å². The molecule has 1 N–H and O–H groups in total. The van der Waals surface area contributed by atoms with E-state index in [0.29, 0.717) is 5.92 Å². The van der Waals surface area contributed by atoms with E-state index >= 15 is 0 Å². The third kappa shape index (κ3) is 4.39. The summed E-state index contributed by atoms with van der Waals surface area (Å²) in [6.07, 6.45) is 6.14. The summed E-state index contributed by atoms with van der Waals surface area (Å²) in [6, 6.07) is 12.4. The van der Waals surface area contributed by atoms with Gasteiger partial charge in [0.1, 0.15) is 0 Å². The Kier molecular flexibility index (Phi) is 5.92. The number of carbonyl (C=O) groups is 1. The van der Waals surface area contributed by atoms with E-state index in [1.165, 1.54) is 12.8 Å². The summed E-state index contributed by atoms with van der Waals surface area (Å²) in [6.45, 7) is 5.17. The van der Waals surface area contributed by atoms with Crippen LogP contribution in [0.2, 0.25) is 5.02 Å². The fourth-order valence-corrected chi connectivity index (χ4v) is 4.78. The van der Waals surface area contributed by atoms with E-state index in [1.54, 1.807) is 6.20 Å². The number of rotatable bonds is 6. The minimum absolute atomic E-state index is 0.164. The molecule has 166 valence electrons. The van der Waals surface area contributed by atoms with Crippen LogP contribution in [0.25, 0.3) is 22.0 Å². The van der Waals surface area contributed by atoms with E-state index in [-0.39, 0.29) is 11.7 Å². The quantitative estimate of drug-likeness (QED) is 0.456. The Labute approximate surface area is 195 Å². The molecular formula is C27H30ClN3O. The van der Waals surface area contributed by atoms with Gasteiger partial charge in [0.2, 0.25) is 0 Å². The molecule has 1 aliphatic heterocycles. The summed E-state index contributed by atoms with van der Waals surface area (Å²) in [4.78, 5) is 20.1. The van der Waals surface area contributed by atoms with Crippen molar-refractivity contribution in [3.8, 4) is 11.1 Å². The van der Waals surface area contributed by atoms with Crippen molar-refractivity contribution in [1.29, 1.82) is 0 Å². The van der Waals surface area contributed by atoms with E-state index < -0.39 is 0 Å². The molecule has 4 nitrogen and oxygen atoms in total. The third-order valence-electron chi connectivity index (χ3n) is 6.99. The van der Waals surface area contributed by atoms with Crippen LogP contribution in [0.4, 0.5) is 5.69 Å². The van der Waals surface area contributed by atoms with Crippen LogP contribution >= 0.6 is 11.6 Å². The van der Waals surface area contributed by atoms with Gasteiger partial charge in [-0.05, 0) is 93.6 Å². The van der Waals surface area contributed by atoms with Gasteiger partial charge in [-0.2, -0.15) is 0 Å². The first-order valence-electron chi connectivity index (χ1n) is 11.7. The monoisotopic (exact) mass is 447 g/mol. The number of piperidine rings is 1. The Morgan fingerprint density at radius 3 is 2.53 bits per heavy atom. The molecule has 2 fully saturated rings. The summed E-state index contributed by atoms with van der Waals surface area (Å²) in [7, 11) is 2.19. The maximum absolute atomic E-state index is 13.1. The predicted octanol–water partition coefficient (Wildman–Crippen LogP) is 6.21. The van der Waals surface area contributed by atoms with Crippen molar-refractivity contribution in [3.05, 3.63) is 58.7 Å². The lowest BCUT2D eigenvalue weighted by molar-refractivity contribution is 0.0968. The number of pyridine rings is 1. The lowest BCUT2D eigenvalue weighted by Gasteiger charge is -2.29. The van der Waals surface area contributed by atoms with E-state index in [4.69, 9.17) is 11.6 Å². The molecule has 0 amide bonds. The molecule has 1 saturated carbocycles. The average Bonchev–Trinajstić information content (AvgIpc) is 3.65. The molecule has 3 aromatic rings. The second-order valence-corrected chi connectivity index (χ2v) is 9.92. The number of Topliss-reactive ketones (excluding diaryl/α,β-unsaturated/α-hetero) is 1. The Morgan fingerprint density at radius 2 is 1.81 bits per heavy atom. The van der Waals surface area contributed by atoms with Crippen LogP contribution in [0.15, 0.2) is 42.6 Å². The zero-order valence-electron chi connectivity index (χ0n) is 18.8. The second kappa shape index (κ2) is 8.84. The Bertz CT molecular complexity index is 1160. The largest absolute Gasteiger partial charge is 0.384 e. The molecule has 2 aromatic carbocycles. The van der Waals surface area contributed by atoms with Crippen LogP contribution in [-0.4, -0.2) is 42.3 Å².